The van der Waals surface area contributed by atoms with Crippen LogP contribution in [0.25, 0.3) is 0 Å². The molecule has 0 saturated heterocycles. The number of carbonyl (C=O) groups is 1. The van der Waals surface area contributed by atoms with Gasteiger partial charge in [0.25, 0.3) is 5.91 Å². The Bertz CT molecular complexity index is 653. The number of nitrogens with zero attached hydrogens (tertiary/aromatic N) is 2. The Labute approximate surface area is 123 Å². The van der Waals surface area contributed by atoms with Crippen molar-refractivity contribution >= 4 is 17.4 Å². The highest BCUT2D eigenvalue weighted by Gasteiger charge is 2.32. The van der Waals surface area contributed by atoms with Gasteiger partial charge in [-0.3, -0.25) is 4.79 Å². The molecule has 108 valence electrons. The molecule has 1 heterocycles. The lowest BCUT2D eigenvalue weighted by Gasteiger charge is -2.25. The zero-order valence-electron chi connectivity index (χ0n) is 11.7. The van der Waals surface area contributed by atoms with Crippen LogP contribution in [0.2, 0.25) is 0 Å². The maximum absolute atomic E-state index is 11.7. The van der Waals surface area contributed by atoms with E-state index in [4.69, 9.17) is 11.5 Å². The molecule has 3 rings (SSSR count). The third-order valence-electron chi connectivity index (χ3n) is 3.61. The van der Waals surface area contributed by atoms with Crippen molar-refractivity contribution in [1.29, 1.82) is 0 Å². The van der Waals surface area contributed by atoms with Gasteiger partial charge < -0.3 is 16.4 Å². The number of nitrogens with two attached hydrogens (primary N) is 2. The highest BCUT2D eigenvalue weighted by atomic mass is 16.1. The minimum absolute atomic E-state index is 0.387. The standard InChI is InChI=1S/C16H18N4O/c17-12-8-14(15(18)21)16(19-9-12)20(13-6-7-13)10-11-4-2-1-3-5-11/h1-5,8-9,13H,6-7,10,17H2,(H2,18,21). The first-order valence-electron chi connectivity index (χ1n) is 7.01. The van der Waals surface area contributed by atoms with Crippen molar-refractivity contribution in [1.82, 2.24) is 4.98 Å². The van der Waals surface area contributed by atoms with E-state index in [1.165, 1.54) is 5.56 Å². The predicted molar refractivity (Wildman–Crippen MR) is 82.8 cm³/mol. The molecule has 0 unspecified atom stereocenters. The van der Waals surface area contributed by atoms with Gasteiger partial charge in [-0.1, -0.05) is 30.3 Å². The molecule has 21 heavy (non-hydrogen) atoms. The van der Waals surface area contributed by atoms with E-state index in [1.54, 1.807) is 12.3 Å². The lowest BCUT2D eigenvalue weighted by Crippen LogP contribution is -2.29. The van der Waals surface area contributed by atoms with Gasteiger partial charge in [-0.2, -0.15) is 0 Å². The van der Waals surface area contributed by atoms with Crippen LogP contribution < -0.4 is 16.4 Å². The second-order valence-corrected chi connectivity index (χ2v) is 5.35. The van der Waals surface area contributed by atoms with E-state index in [0.29, 0.717) is 29.7 Å². The minimum Gasteiger partial charge on any atom is -0.397 e. The first-order valence-corrected chi connectivity index (χ1v) is 7.01. The van der Waals surface area contributed by atoms with Gasteiger partial charge in [0.2, 0.25) is 0 Å². The molecule has 5 nitrogen and oxygen atoms in total. The number of hydrogen-bond acceptors (Lipinski definition) is 4. The molecule has 1 aromatic carbocycles. The van der Waals surface area contributed by atoms with Crippen molar-refractivity contribution in [2.45, 2.75) is 25.4 Å². The van der Waals surface area contributed by atoms with Gasteiger partial charge in [0.1, 0.15) is 5.82 Å². The van der Waals surface area contributed by atoms with E-state index >= 15 is 0 Å². The number of pyridine rings is 1. The number of amides is 1. The quantitative estimate of drug-likeness (QED) is 0.877. The summed E-state index contributed by atoms with van der Waals surface area (Å²) in [5.74, 6) is 0.131. The van der Waals surface area contributed by atoms with Gasteiger partial charge in [0.05, 0.1) is 17.4 Å². The van der Waals surface area contributed by atoms with Crippen LogP contribution in [0.4, 0.5) is 11.5 Å². The van der Waals surface area contributed by atoms with Crippen LogP contribution in [0, 0.1) is 0 Å². The summed E-state index contributed by atoms with van der Waals surface area (Å²) in [6.45, 7) is 0.711. The molecule has 1 fully saturated rings. The van der Waals surface area contributed by atoms with Gasteiger partial charge in [0.15, 0.2) is 0 Å². The number of carbonyl (C=O) groups excluding carboxylic acids is 1. The highest BCUT2D eigenvalue weighted by Crippen LogP contribution is 2.34. The second-order valence-electron chi connectivity index (χ2n) is 5.35. The van der Waals surface area contributed by atoms with Crippen molar-refractivity contribution in [2.24, 2.45) is 5.73 Å². The van der Waals surface area contributed by atoms with Crippen LogP contribution in [0.1, 0.15) is 28.8 Å². The molecule has 0 bridgehead atoms. The summed E-state index contributed by atoms with van der Waals surface area (Å²) in [5.41, 5.74) is 13.2. The van der Waals surface area contributed by atoms with Crippen LogP contribution in [0.5, 0.6) is 0 Å². The number of primary amides is 1. The fourth-order valence-electron chi connectivity index (χ4n) is 2.43. The SMILES string of the molecule is NC(=O)c1cc(N)cnc1N(Cc1ccccc1)C1CC1. The number of rotatable bonds is 5. The Morgan fingerprint density at radius 3 is 2.62 bits per heavy atom. The van der Waals surface area contributed by atoms with Crippen LogP contribution in [0.15, 0.2) is 42.6 Å². The number of anilines is 2. The van der Waals surface area contributed by atoms with E-state index in [9.17, 15) is 4.79 Å². The first-order chi connectivity index (χ1) is 10.1. The molecule has 1 amide bonds. The van der Waals surface area contributed by atoms with Gasteiger partial charge >= 0.3 is 0 Å². The zero-order chi connectivity index (χ0) is 14.8. The summed E-state index contributed by atoms with van der Waals surface area (Å²) < 4.78 is 0. The molecule has 0 atom stereocenters. The third-order valence-corrected chi connectivity index (χ3v) is 3.61. The van der Waals surface area contributed by atoms with Gasteiger partial charge in [-0.05, 0) is 24.5 Å². The van der Waals surface area contributed by atoms with Crippen LogP contribution in [0.3, 0.4) is 0 Å². The Hall–Kier alpha value is -2.56. The second kappa shape index (κ2) is 5.44. The van der Waals surface area contributed by atoms with Gasteiger partial charge in [0, 0.05) is 12.6 Å². The number of nitrogen functional groups attached to an aromatic ring is 1. The van der Waals surface area contributed by atoms with E-state index in [1.807, 2.05) is 18.2 Å². The summed E-state index contributed by atoms with van der Waals surface area (Å²) >= 11 is 0. The van der Waals surface area contributed by atoms with Crippen molar-refractivity contribution in [3.8, 4) is 0 Å². The van der Waals surface area contributed by atoms with E-state index in [-0.39, 0.29) is 0 Å². The molecular formula is C16H18N4O. The average Bonchev–Trinajstić information content (AvgIpc) is 3.31. The highest BCUT2D eigenvalue weighted by molar-refractivity contribution is 5.98. The summed E-state index contributed by atoms with van der Waals surface area (Å²) in [5, 5.41) is 0. The van der Waals surface area contributed by atoms with Crippen LogP contribution in [-0.2, 0) is 6.54 Å². The maximum Gasteiger partial charge on any atom is 0.252 e. The average molecular weight is 282 g/mol. The summed E-state index contributed by atoms with van der Waals surface area (Å²) in [4.78, 5) is 18.2. The van der Waals surface area contributed by atoms with Crippen molar-refractivity contribution in [2.75, 3.05) is 10.6 Å². The predicted octanol–water partition coefficient (Wildman–Crippen LogP) is 1.93. The third kappa shape index (κ3) is 2.97. The molecule has 2 aromatic rings. The summed E-state index contributed by atoms with van der Waals surface area (Å²) in [6, 6.07) is 12.1. The Morgan fingerprint density at radius 1 is 1.29 bits per heavy atom. The van der Waals surface area contributed by atoms with Crippen LogP contribution in [-0.4, -0.2) is 16.9 Å². The van der Waals surface area contributed by atoms with Crippen molar-refractivity contribution < 1.29 is 4.79 Å². The Morgan fingerprint density at radius 2 is 2.00 bits per heavy atom. The van der Waals surface area contributed by atoms with Gasteiger partial charge in [-0.15, -0.1) is 0 Å². The molecule has 1 saturated carbocycles. The van der Waals surface area contributed by atoms with Crippen LogP contribution >= 0.6 is 0 Å². The molecule has 1 aromatic heterocycles. The number of hydrogen-bond donors (Lipinski definition) is 2. The smallest absolute Gasteiger partial charge is 0.252 e. The normalized spacial score (nSPS) is 13.9. The molecule has 5 heteroatoms. The lowest BCUT2D eigenvalue weighted by atomic mass is 10.1. The fourth-order valence-corrected chi connectivity index (χ4v) is 2.43. The molecule has 1 aliphatic rings. The molecular weight excluding hydrogens is 264 g/mol. The van der Waals surface area contributed by atoms with Gasteiger partial charge in [-0.25, -0.2) is 4.98 Å². The Kier molecular flexibility index (Phi) is 3.48. The lowest BCUT2D eigenvalue weighted by molar-refractivity contribution is 0.100. The topological polar surface area (TPSA) is 85.2 Å². The van der Waals surface area contributed by atoms with E-state index in [0.717, 1.165) is 12.8 Å². The van der Waals surface area contributed by atoms with Crippen molar-refractivity contribution in [3.63, 3.8) is 0 Å². The summed E-state index contributed by atoms with van der Waals surface area (Å²) in [7, 11) is 0. The number of aromatic nitrogens is 1. The first kappa shape index (κ1) is 13.4. The number of benzene rings is 1. The zero-order valence-corrected chi connectivity index (χ0v) is 11.7. The fraction of sp³-hybridized carbons (Fsp3) is 0.250. The maximum atomic E-state index is 11.7. The molecule has 1 aliphatic carbocycles. The molecule has 4 N–H and O–H groups in total. The summed E-state index contributed by atoms with van der Waals surface area (Å²) in [6.07, 6.45) is 3.79. The van der Waals surface area contributed by atoms with E-state index < -0.39 is 5.91 Å². The minimum atomic E-state index is -0.497. The van der Waals surface area contributed by atoms with Crippen molar-refractivity contribution in [3.05, 3.63) is 53.7 Å². The largest absolute Gasteiger partial charge is 0.397 e. The van der Waals surface area contributed by atoms with E-state index in [2.05, 4.69) is 22.0 Å². The Balaban J connectivity index is 1.96. The molecule has 0 radical (unpaired) electrons. The molecule has 0 aliphatic heterocycles. The monoisotopic (exact) mass is 282 g/mol. The molecule has 0 spiro atoms.